The maximum atomic E-state index is 2.47. The third-order valence-electron chi connectivity index (χ3n) is 13.3. The molecule has 3 aliphatic carbocycles. The Labute approximate surface area is 334 Å². The molecule has 0 unspecified atom stereocenters. The van der Waals surface area contributed by atoms with Gasteiger partial charge in [-0.1, -0.05) is 172 Å². The molecule has 0 fully saturated rings. The van der Waals surface area contributed by atoms with Crippen LogP contribution in [0.15, 0.2) is 200 Å². The van der Waals surface area contributed by atoms with Crippen LogP contribution in [0.2, 0.25) is 0 Å². The summed E-state index contributed by atoms with van der Waals surface area (Å²) in [5, 5.41) is 2.52. The maximum Gasteiger partial charge on any atom is 0.0725 e. The lowest BCUT2D eigenvalue weighted by Gasteiger charge is -2.31. The van der Waals surface area contributed by atoms with Crippen LogP contribution >= 0.6 is 0 Å². The Kier molecular flexibility index (Phi) is 6.67. The first-order valence-electron chi connectivity index (χ1n) is 20.1. The van der Waals surface area contributed by atoms with Crippen LogP contribution in [-0.2, 0) is 10.8 Å². The summed E-state index contributed by atoms with van der Waals surface area (Å²) >= 11 is 0. The van der Waals surface area contributed by atoms with Crippen molar-refractivity contribution >= 4 is 27.8 Å². The third-order valence-corrected chi connectivity index (χ3v) is 13.3. The van der Waals surface area contributed by atoms with Gasteiger partial charge in [-0.2, -0.15) is 0 Å². The van der Waals surface area contributed by atoms with Gasteiger partial charge in [-0.25, -0.2) is 0 Å². The molecule has 1 heteroatoms. The van der Waals surface area contributed by atoms with Gasteiger partial charge in [-0.3, -0.25) is 0 Å². The fraction of sp³-hybridized carbons (Fsp3) is 0.0714. The van der Waals surface area contributed by atoms with Crippen LogP contribution < -0.4 is 4.90 Å². The molecule has 0 atom stereocenters. The van der Waals surface area contributed by atoms with Crippen molar-refractivity contribution in [1.29, 1.82) is 0 Å². The van der Waals surface area contributed by atoms with E-state index in [0.29, 0.717) is 0 Å². The molecule has 12 rings (SSSR count). The zero-order valence-corrected chi connectivity index (χ0v) is 32.0. The molecule has 0 saturated carbocycles. The summed E-state index contributed by atoms with van der Waals surface area (Å²) in [5.41, 5.74) is 21.5. The van der Waals surface area contributed by atoms with Crippen molar-refractivity contribution in [3.8, 4) is 44.5 Å². The van der Waals surface area contributed by atoms with Crippen molar-refractivity contribution in [1.82, 2.24) is 0 Å². The van der Waals surface area contributed by atoms with Gasteiger partial charge in [0.1, 0.15) is 0 Å². The van der Waals surface area contributed by atoms with Gasteiger partial charge in [0.05, 0.1) is 5.41 Å². The third kappa shape index (κ3) is 4.40. The minimum absolute atomic E-state index is 0.111. The summed E-state index contributed by atoms with van der Waals surface area (Å²) < 4.78 is 0. The fourth-order valence-corrected chi connectivity index (χ4v) is 10.7. The summed E-state index contributed by atoms with van der Waals surface area (Å²) in [6.45, 7) is 4.74. The first-order valence-corrected chi connectivity index (χ1v) is 20.1. The van der Waals surface area contributed by atoms with Crippen LogP contribution in [0.5, 0.6) is 0 Å². The van der Waals surface area contributed by atoms with Crippen LogP contribution in [0.3, 0.4) is 0 Å². The molecule has 0 heterocycles. The zero-order valence-electron chi connectivity index (χ0n) is 32.0. The second-order valence-electron chi connectivity index (χ2n) is 16.5. The molecule has 0 radical (unpaired) electrons. The van der Waals surface area contributed by atoms with Gasteiger partial charge in [0.15, 0.2) is 0 Å². The van der Waals surface area contributed by atoms with E-state index < -0.39 is 0 Å². The van der Waals surface area contributed by atoms with Crippen LogP contribution in [0, 0.1) is 0 Å². The molecule has 0 N–H and O–H groups in total. The Morgan fingerprint density at radius 3 is 1.42 bits per heavy atom. The summed E-state index contributed by atoms with van der Waals surface area (Å²) in [7, 11) is 0. The van der Waals surface area contributed by atoms with Crippen molar-refractivity contribution in [3.05, 3.63) is 234 Å². The van der Waals surface area contributed by atoms with E-state index in [1.54, 1.807) is 0 Å². The molecule has 0 bridgehead atoms. The van der Waals surface area contributed by atoms with Crippen LogP contribution in [-0.4, -0.2) is 0 Å². The molecule has 3 aliphatic rings. The topological polar surface area (TPSA) is 3.24 Å². The first kappa shape index (κ1) is 32.3. The molecule has 9 aromatic rings. The second kappa shape index (κ2) is 11.8. The molecule has 268 valence electrons. The van der Waals surface area contributed by atoms with Gasteiger partial charge in [-0.15, -0.1) is 0 Å². The first-order chi connectivity index (χ1) is 28.0. The molecule has 1 nitrogen and oxygen atoms in total. The van der Waals surface area contributed by atoms with Gasteiger partial charge in [0.2, 0.25) is 0 Å². The molecule has 0 aliphatic heterocycles. The van der Waals surface area contributed by atoms with E-state index in [4.69, 9.17) is 0 Å². The Balaban J connectivity index is 1.06. The number of nitrogens with zero attached hydrogens (tertiary/aromatic N) is 1. The fourth-order valence-electron chi connectivity index (χ4n) is 10.7. The Morgan fingerprint density at radius 1 is 0.298 bits per heavy atom. The van der Waals surface area contributed by atoms with Gasteiger partial charge >= 0.3 is 0 Å². The highest BCUT2D eigenvalue weighted by Crippen LogP contribution is 2.63. The van der Waals surface area contributed by atoms with Gasteiger partial charge in [-0.05, 0) is 131 Å². The average Bonchev–Trinajstić information content (AvgIpc) is 3.82. The molecule has 9 aromatic carbocycles. The number of hydrogen-bond acceptors (Lipinski definition) is 1. The predicted molar refractivity (Wildman–Crippen MR) is 238 cm³/mol. The van der Waals surface area contributed by atoms with Crippen molar-refractivity contribution < 1.29 is 0 Å². The second-order valence-corrected chi connectivity index (χ2v) is 16.5. The van der Waals surface area contributed by atoms with Crippen molar-refractivity contribution in [2.45, 2.75) is 24.7 Å². The Morgan fingerprint density at radius 2 is 0.754 bits per heavy atom. The van der Waals surface area contributed by atoms with E-state index in [1.807, 2.05) is 0 Å². The number of fused-ring (bicyclic) bond motifs is 14. The molecule has 0 aromatic heterocycles. The van der Waals surface area contributed by atoms with Crippen LogP contribution in [0.1, 0.15) is 47.2 Å². The Hall–Kier alpha value is -6.96. The van der Waals surface area contributed by atoms with Gasteiger partial charge in [0.25, 0.3) is 0 Å². The van der Waals surface area contributed by atoms with Crippen molar-refractivity contribution in [3.63, 3.8) is 0 Å². The van der Waals surface area contributed by atoms with Crippen LogP contribution in [0.4, 0.5) is 17.1 Å². The lowest BCUT2D eigenvalue weighted by Crippen LogP contribution is -2.25. The van der Waals surface area contributed by atoms with Gasteiger partial charge in [0, 0.05) is 22.5 Å². The summed E-state index contributed by atoms with van der Waals surface area (Å²) in [6.07, 6.45) is 0. The SMILES string of the molecule is CC1(C)c2ccccc2-c2ccc(N(c3ccc(-c4ccc5ccccc5c4)cc3)c3ccc4c(c3)-c3ccccc3C43c4ccccc4-c4ccccc43)cc21. The summed E-state index contributed by atoms with van der Waals surface area (Å²) in [6, 6.07) is 74.9. The molecule has 0 saturated heterocycles. The van der Waals surface area contributed by atoms with E-state index in [9.17, 15) is 0 Å². The number of hydrogen-bond donors (Lipinski definition) is 0. The minimum Gasteiger partial charge on any atom is -0.310 e. The molecular formula is C56H39N. The highest BCUT2D eigenvalue weighted by molar-refractivity contribution is 5.97. The van der Waals surface area contributed by atoms with E-state index in [0.717, 1.165) is 17.1 Å². The lowest BCUT2D eigenvalue weighted by atomic mass is 9.70. The van der Waals surface area contributed by atoms with Crippen molar-refractivity contribution in [2.24, 2.45) is 0 Å². The lowest BCUT2D eigenvalue weighted by molar-refractivity contribution is 0.660. The van der Waals surface area contributed by atoms with E-state index in [2.05, 4.69) is 219 Å². The standard InChI is InChI=1S/C56H39N/c1-55(2)49-19-9-5-15-43(49)47-31-29-42(35-54(47)55)57(40-27-25-37(26-28-40)39-24-23-36-13-3-4-14-38(36)33-39)41-30-32-53-48(34-41)46-18-8-12-22-52(46)56(53)50-20-10-6-16-44(50)45-17-7-11-21-51(45)56/h3-35H,1-2H3. The smallest absolute Gasteiger partial charge is 0.0725 e. The Bertz CT molecular complexity index is 3060. The highest BCUT2D eigenvalue weighted by atomic mass is 15.1. The van der Waals surface area contributed by atoms with Crippen molar-refractivity contribution in [2.75, 3.05) is 4.90 Å². The minimum atomic E-state index is -0.368. The number of rotatable bonds is 4. The highest BCUT2D eigenvalue weighted by Gasteiger charge is 2.51. The zero-order chi connectivity index (χ0) is 37.9. The largest absolute Gasteiger partial charge is 0.310 e. The van der Waals surface area contributed by atoms with E-state index in [-0.39, 0.29) is 10.8 Å². The van der Waals surface area contributed by atoms with E-state index in [1.165, 1.54) is 88.7 Å². The van der Waals surface area contributed by atoms with Crippen LogP contribution in [0.25, 0.3) is 55.3 Å². The molecular weight excluding hydrogens is 687 g/mol. The quantitative estimate of drug-likeness (QED) is 0.175. The summed E-state index contributed by atoms with van der Waals surface area (Å²) in [5.74, 6) is 0. The predicted octanol–water partition coefficient (Wildman–Crippen LogP) is 14.6. The molecule has 0 amide bonds. The average molecular weight is 726 g/mol. The van der Waals surface area contributed by atoms with E-state index >= 15 is 0 Å². The number of benzene rings is 9. The molecule has 1 spiro atoms. The maximum absolute atomic E-state index is 2.47. The molecule has 57 heavy (non-hydrogen) atoms. The summed E-state index contributed by atoms with van der Waals surface area (Å²) in [4.78, 5) is 2.47. The monoisotopic (exact) mass is 725 g/mol. The van der Waals surface area contributed by atoms with Gasteiger partial charge < -0.3 is 4.90 Å². The normalized spacial score (nSPS) is 14.4. The number of anilines is 3.